The van der Waals surface area contributed by atoms with Crippen LogP contribution < -0.4 is 15.8 Å². The molecule has 198 valence electrons. The second kappa shape index (κ2) is 12.2. The number of hydrogen-bond donors (Lipinski definition) is 3. The van der Waals surface area contributed by atoms with Gasteiger partial charge < -0.3 is 25.3 Å². The van der Waals surface area contributed by atoms with Crippen LogP contribution in [0.25, 0.3) is 0 Å². The fourth-order valence-corrected chi connectivity index (χ4v) is 5.44. The van der Waals surface area contributed by atoms with Crippen molar-refractivity contribution in [2.75, 3.05) is 12.3 Å². The van der Waals surface area contributed by atoms with E-state index >= 15 is 0 Å². The third-order valence-electron chi connectivity index (χ3n) is 6.12. The summed E-state index contributed by atoms with van der Waals surface area (Å²) >= 11 is 0. The third kappa shape index (κ3) is 7.32. The van der Waals surface area contributed by atoms with E-state index in [1.807, 2.05) is 30.3 Å². The Bertz CT molecular complexity index is 1230. The average Bonchev–Trinajstić information content (AvgIpc) is 3.58. The van der Waals surface area contributed by atoms with Crippen LogP contribution in [0.15, 0.2) is 82.5 Å². The van der Waals surface area contributed by atoms with Gasteiger partial charge in [-0.2, -0.15) is 0 Å². The lowest BCUT2D eigenvalue weighted by Crippen LogP contribution is -2.51. The maximum atomic E-state index is 13.5. The summed E-state index contributed by atoms with van der Waals surface area (Å²) in [5.41, 5.74) is 6.98. The topological polar surface area (TPSA) is 144 Å². The first-order valence-corrected chi connectivity index (χ1v) is 13.5. The molecule has 4 N–H and O–H groups in total. The number of sulfonamides is 1. The summed E-state index contributed by atoms with van der Waals surface area (Å²) < 4.78 is 38.0. The van der Waals surface area contributed by atoms with Gasteiger partial charge >= 0.3 is 6.09 Å². The highest BCUT2D eigenvalue weighted by molar-refractivity contribution is 7.89. The van der Waals surface area contributed by atoms with Gasteiger partial charge in [-0.3, -0.25) is 4.84 Å². The van der Waals surface area contributed by atoms with Crippen LogP contribution in [-0.4, -0.2) is 48.9 Å². The number of aliphatic hydroxyl groups excluding tert-OH is 1. The molecule has 0 aliphatic heterocycles. The van der Waals surface area contributed by atoms with Gasteiger partial charge in [-0.15, -0.1) is 0 Å². The molecule has 0 bridgehead atoms. The van der Waals surface area contributed by atoms with Crippen molar-refractivity contribution in [3.05, 3.63) is 78.8 Å². The molecule has 1 heterocycles. The fourth-order valence-electron chi connectivity index (χ4n) is 4.14. The van der Waals surface area contributed by atoms with Gasteiger partial charge in [-0.25, -0.2) is 13.2 Å². The molecule has 10 nitrogen and oxygen atoms in total. The van der Waals surface area contributed by atoms with Gasteiger partial charge in [0.1, 0.15) is 6.26 Å². The van der Waals surface area contributed by atoms with Gasteiger partial charge in [-0.1, -0.05) is 47.6 Å². The van der Waals surface area contributed by atoms with Crippen molar-refractivity contribution in [3.63, 3.8) is 0 Å². The summed E-state index contributed by atoms with van der Waals surface area (Å²) in [7, 11) is -4.14. The highest BCUT2D eigenvalue weighted by Crippen LogP contribution is 2.26. The molecule has 1 saturated carbocycles. The molecule has 0 unspecified atom stereocenters. The normalized spacial score (nSPS) is 15.9. The number of aliphatic hydroxyl groups is 1. The van der Waals surface area contributed by atoms with E-state index in [0.717, 1.165) is 22.9 Å². The van der Waals surface area contributed by atoms with Gasteiger partial charge in [0.15, 0.2) is 5.75 Å². The molecule has 1 aliphatic rings. The lowest BCUT2D eigenvalue weighted by Gasteiger charge is -2.30. The first-order chi connectivity index (χ1) is 17.8. The molecule has 2 aromatic carbocycles. The Morgan fingerprint density at radius 1 is 1.11 bits per heavy atom. The van der Waals surface area contributed by atoms with Gasteiger partial charge in [-0.05, 0) is 49.1 Å². The monoisotopic (exact) mass is 529 g/mol. The van der Waals surface area contributed by atoms with Crippen LogP contribution in [0.4, 0.5) is 10.5 Å². The third-order valence-corrected chi connectivity index (χ3v) is 7.76. The van der Waals surface area contributed by atoms with Crippen LogP contribution in [-0.2, 0) is 21.3 Å². The van der Waals surface area contributed by atoms with E-state index in [0.29, 0.717) is 18.5 Å². The van der Waals surface area contributed by atoms with E-state index in [1.165, 1.54) is 42.9 Å². The number of hydroxylamine groups is 1. The minimum Gasteiger partial charge on any atom is -0.469 e. The summed E-state index contributed by atoms with van der Waals surface area (Å²) in [6, 6.07) is 15.6. The lowest BCUT2D eigenvalue weighted by molar-refractivity contribution is -0.145. The summed E-state index contributed by atoms with van der Waals surface area (Å²) in [4.78, 5) is 18.5. The number of nitrogens with zero attached hydrogens (tertiary/aromatic N) is 1. The molecular formula is C26H31N3O7S. The van der Waals surface area contributed by atoms with E-state index in [9.17, 15) is 18.3 Å². The van der Waals surface area contributed by atoms with Crippen LogP contribution in [0.5, 0.6) is 5.75 Å². The van der Waals surface area contributed by atoms with Crippen molar-refractivity contribution in [2.45, 2.75) is 55.2 Å². The predicted octanol–water partition coefficient (Wildman–Crippen LogP) is 3.49. The number of furan rings is 1. The molecular weight excluding hydrogens is 498 g/mol. The summed E-state index contributed by atoms with van der Waals surface area (Å²) in [5, 5.41) is 13.9. The molecule has 3 aromatic rings. The van der Waals surface area contributed by atoms with Gasteiger partial charge in [0.05, 0.1) is 36.0 Å². The van der Waals surface area contributed by atoms with Gasteiger partial charge in [0.2, 0.25) is 0 Å². The van der Waals surface area contributed by atoms with Crippen molar-refractivity contribution in [1.29, 1.82) is 0 Å². The minimum absolute atomic E-state index is 0.0150. The largest absolute Gasteiger partial charge is 0.469 e. The van der Waals surface area contributed by atoms with Crippen molar-refractivity contribution in [1.82, 2.24) is 9.79 Å². The van der Waals surface area contributed by atoms with E-state index in [1.54, 1.807) is 0 Å². The zero-order valence-corrected chi connectivity index (χ0v) is 21.0. The summed E-state index contributed by atoms with van der Waals surface area (Å²) in [6.07, 6.45) is 3.70. The van der Waals surface area contributed by atoms with Crippen LogP contribution >= 0.6 is 0 Å². The highest BCUT2D eigenvalue weighted by atomic mass is 32.2. The standard InChI is InChI=1S/C26H31N3O7S/c27-20-10-12-23(13-11-20)37(32,33)29(36-21-8-4-5-9-21)17-25(30)24(16-19-6-2-1-3-7-19)28-26(31)35-22-14-15-34-18-22/h1-3,6-7,10-15,18,21,24-25,30H,4-5,8-9,16-17,27H2,(H,28,31)/t24-,25-/m0/s1. The molecule has 1 fully saturated rings. The number of carbonyl (C=O) groups is 1. The maximum absolute atomic E-state index is 13.5. The Labute approximate surface area is 216 Å². The number of hydrogen-bond acceptors (Lipinski definition) is 8. The number of nitrogen functional groups attached to an aromatic ring is 1. The van der Waals surface area contributed by atoms with E-state index in [2.05, 4.69) is 5.32 Å². The number of nitrogens with one attached hydrogen (secondary N) is 1. The Kier molecular flexibility index (Phi) is 8.82. The molecule has 0 saturated heterocycles. The van der Waals surface area contributed by atoms with Crippen molar-refractivity contribution < 1.29 is 32.3 Å². The minimum atomic E-state index is -4.14. The second-order valence-corrected chi connectivity index (χ2v) is 10.8. The molecule has 1 amide bonds. The summed E-state index contributed by atoms with van der Waals surface area (Å²) in [5.74, 6) is 0.197. The average molecular weight is 530 g/mol. The molecule has 4 rings (SSSR count). The maximum Gasteiger partial charge on any atom is 0.413 e. The van der Waals surface area contributed by atoms with Gasteiger partial charge in [0, 0.05) is 11.8 Å². The number of carbonyl (C=O) groups excluding carboxylic acids is 1. The Balaban J connectivity index is 1.56. The SMILES string of the molecule is Nc1ccc(S(=O)(=O)N(C[C@H](O)[C@H](Cc2ccccc2)NC(=O)Oc2ccoc2)OC2CCCC2)cc1. The molecule has 11 heteroatoms. The lowest BCUT2D eigenvalue weighted by atomic mass is 10.0. The van der Waals surface area contributed by atoms with Crippen molar-refractivity contribution >= 4 is 21.8 Å². The zero-order chi connectivity index (χ0) is 26.3. The second-order valence-electron chi connectivity index (χ2n) is 8.93. The number of benzene rings is 2. The molecule has 1 aliphatic carbocycles. The van der Waals surface area contributed by atoms with Crippen molar-refractivity contribution in [2.24, 2.45) is 0 Å². The fraction of sp³-hybridized carbons (Fsp3) is 0.346. The molecule has 37 heavy (non-hydrogen) atoms. The Morgan fingerprint density at radius 3 is 2.46 bits per heavy atom. The van der Waals surface area contributed by atoms with Crippen LogP contribution in [0.2, 0.25) is 0 Å². The smallest absolute Gasteiger partial charge is 0.413 e. The predicted molar refractivity (Wildman–Crippen MR) is 136 cm³/mol. The number of nitrogens with two attached hydrogens (primary N) is 1. The zero-order valence-electron chi connectivity index (χ0n) is 20.2. The Hall–Kier alpha value is -3.38. The van der Waals surface area contributed by atoms with E-state index < -0.39 is 34.8 Å². The van der Waals surface area contributed by atoms with Crippen molar-refractivity contribution in [3.8, 4) is 5.75 Å². The number of ether oxygens (including phenoxy) is 1. The van der Waals surface area contributed by atoms with Gasteiger partial charge in [0.25, 0.3) is 10.0 Å². The number of anilines is 1. The molecule has 1 aromatic heterocycles. The van der Waals surface area contributed by atoms with Crippen LogP contribution in [0.1, 0.15) is 31.2 Å². The number of amides is 1. The molecule has 0 spiro atoms. The van der Waals surface area contributed by atoms with E-state index in [-0.39, 0.29) is 23.2 Å². The first kappa shape index (κ1) is 26.7. The molecule has 0 radical (unpaired) electrons. The Morgan fingerprint density at radius 2 is 1.81 bits per heavy atom. The number of rotatable bonds is 11. The molecule has 2 atom stereocenters. The highest BCUT2D eigenvalue weighted by Gasteiger charge is 2.34. The van der Waals surface area contributed by atoms with E-state index in [4.69, 9.17) is 19.7 Å². The van der Waals surface area contributed by atoms with Crippen LogP contribution in [0, 0.1) is 0 Å². The first-order valence-electron chi connectivity index (χ1n) is 12.1. The summed E-state index contributed by atoms with van der Waals surface area (Å²) in [6.45, 7) is -0.410. The quantitative estimate of drug-likeness (QED) is 0.253. The van der Waals surface area contributed by atoms with Crippen LogP contribution in [0.3, 0.4) is 0 Å².